The molecule has 0 amide bonds. The molecule has 2 aromatic rings. The fourth-order valence-electron chi connectivity index (χ4n) is 1.94. The van der Waals surface area contributed by atoms with Gasteiger partial charge in [0.25, 0.3) is 0 Å². The lowest BCUT2D eigenvalue weighted by molar-refractivity contribution is 0.0945. The van der Waals surface area contributed by atoms with Crippen molar-refractivity contribution in [2.75, 3.05) is 6.54 Å². The van der Waals surface area contributed by atoms with Crippen LogP contribution in [0.1, 0.15) is 22.0 Å². The number of rotatable bonds is 5. The van der Waals surface area contributed by atoms with Crippen LogP contribution >= 0.6 is 0 Å². The van der Waals surface area contributed by atoms with Crippen LogP contribution in [0.2, 0.25) is 0 Å². The van der Waals surface area contributed by atoms with E-state index < -0.39 is 6.04 Å². The van der Waals surface area contributed by atoms with Crippen molar-refractivity contribution >= 4 is 5.78 Å². The monoisotopic (exact) mass is 249 g/mol. The molecule has 0 aromatic heterocycles. The highest BCUT2D eigenvalue weighted by Gasteiger charge is 2.20. The van der Waals surface area contributed by atoms with Crippen molar-refractivity contribution in [3.63, 3.8) is 0 Å². The van der Waals surface area contributed by atoms with Crippen molar-refractivity contribution in [3.8, 4) is 12.3 Å². The maximum absolute atomic E-state index is 12.5. The lowest BCUT2D eigenvalue weighted by Crippen LogP contribution is -2.29. The minimum absolute atomic E-state index is 0.0297. The SMILES string of the molecule is C#CCNC(C(=O)c1ccccc1)c1ccccc1. The average Bonchev–Trinajstić information content (AvgIpc) is 2.49. The zero-order chi connectivity index (χ0) is 13.5. The molecule has 0 aliphatic heterocycles. The Labute approximate surface area is 113 Å². The van der Waals surface area contributed by atoms with Crippen LogP contribution in [0.25, 0.3) is 0 Å². The summed E-state index contributed by atoms with van der Waals surface area (Å²) >= 11 is 0. The first kappa shape index (κ1) is 13.1. The Hall–Kier alpha value is -2.37. The van der Waals surface area contributed by atoms with Crippen molar-refractivity contribution < 1.29 is 4.79 Å². The molecule has 0 heterocycles. The van der Waals surface area contributed by atoms with Gasteiger partial charge in [-0.25, -0.2) is 0 Å². The summed E-state index contributed by atoms with van der Waals surface area (Å²) in [6.45, 7) is 0.359. The van der Waals surface area contributed by atoms with Gasteiger partial charge in [0.15, 0.2) is 5.78 Å². The molecule has 1 atom stereocenters. The van der Waals surface area contributed by atoms with Gasteiger partial charge in [-0.15, -0.1) is 6.42 Å². The van der Waals surface area contributed by atoms with Gasteiger partial charge in [-0.3, -0.25) is 10.1 Å². The first-order chi connectivity index (χ1) is 9.33. The number of terminal acetylenes is 1. The van der Waals surface area contributed by atoms with Crippen molar-refractivity contribution in [2.24, 2.45) is 0 Å². The predicted molar refractivity (Wildman–Crippen MR) is 76.8 cm³/mol. The number of hydrogen-bond acceptors (Lipinski definition) is 2. The van der Waals surface area contributed by atoms with Crippen LogP contribution in [-0.2, 0) is 0 Å². The Balaban J connectivity index is 2.29. The zero-order valence-corrected chi connectivity index (χ0v) is 10.5. The van der Waals surface area contributed by atoms with E-state index in [-0.39, 0.29) is 5.78 Å². The molecule has 0 radical (unpaired) electrons. The number of Topliss-reactive ketones (excluding diaryl/α,β-unsaturated/α-hetero) is 1. The Morgan fingerprint density at radius 1 is 1.05 bits per heavy atom. The van der Waals surface area contributed by atoms with Crippen LogP contribution in [0.15, 0.2) is 60.7 Å². The molecule has 0 saturated heterocycles. The average molecular weight is 249 g/mol. The first-order valence-corrected chi connectivity index (χ1v) is 6.14. The van der Waals surface area contributed by atoms with E-state index in [1.165, 1.54) is 0 Å². The Morgan fingerprint density at radius 3 is 2.21 bits per heavy atom. The summed E-state index contributed by atoms with van der Waals surface area (Å²) in [7, 11) is 0. The Kier molecular flexibility index (Phi) is 4.49. The zero-order valence-electron chi connectivity index (χ0n) is 10.5. The molecule has 1 unspecified atom stereocenters. The molecule has 0 bridgehead atoms. The smallest absolute Gasteiger partial charge is 0.184 e. The summed E-state index contributed by atoms with van der Waals surface area (Å²) in [6.07, 6.45) is 5.27. The van der Waals surface area contributed by atoms with Crippen LogP contribution < -0.4 is 5.32 Å². The van der Waals surface area contributed by atoms with E-state index in [4.69, 9.17) is 6.42 Å². The van der Waals surface area contributed by atoms with Gasteiger partial charge >= 0.3 is 0 Å². The van der Waals surface area contributed by atoms with E-state index >= 15 is 0 Å². The molecular formula is C17H15NO. The molecule has 0 aliphatic carbocycles. The van der Waals surface area contributed by atoms with Gasteiger partial charge in [-0.05, 0) is 5.56 Å². The molecule has 19 heavy (non-hydrogen) atoms. The molecule has 1 N–H and O–H groups in total. The van der Waals surface area contributed by atoms with Crippen LogP contribution in [0.3, 0.4) is 0 Å². The van der Waals surface area contributed by atoms with Crippen molar-refractivity contribution in [2.45, 2.75) is 6.04 Å². The third-order valence-corrected chi connectivity index (χ3v) is 2.86. The van der Waals surface area contributed by atoms with E-state index in [1.807, 2.05) is 60.7 Å². The van der Waals surface area contributed by atoms with Crippen LogP contribution in [0, 0.1) is 12.3 Å². The van der Waals surface area contributed by atoms with Gasteiger partial charge in [0.05, 0.1) is 12.6 Å². The van der Waals surface area contributed by atoms with E-state index in [0.29, 0.717) is 12.1 Å². The maximum Gasteiger partial charge on any atom is 0.184 e. The van der Waals surface area contributed by atoms with E-state index in [2.05, 4.69) is 11.2 Å². The highest BCUT2D eigenvalue weighted by molar-refractivity contribution is 6.00. The van der Waals surface area contributed by atoms with Gasteiger partial charge in [-0.2, -0.15) is 0 Å². The van der Waals surface area contributed by atoms with Gasteiger partial charge < -0.3 is 0 Å². The third kappa shape index (κ3) is 3.31. The van der Waals surface area contributed by atoms with Gasteiger partial charge in [0.1, 0.15) is 0 Å². The third-order valence-electron chi connectivity index (χ3n) is 2.86. The highest BCUT2D eigenvalue weighted by Crippen LogP contribution is 2.18. The predicted octanol–water partition coefficient (Wildman–Crippen LogP) is 2.83. The van der Waals surface area contributed by atoms with Crippen molar-refractivity contribution in [1.29, 1.82) is 0 Å². The van der Waals surface area contributed by atoms with Crippen LogP contribution in [0.5, 0.6) is 0 Å². The number of hydrogen-bond donors (Lipinski definition) is 1. The van der Waals surface area contributed by atoms with Crippen LogP contribution in [0.4, 0.5) is 0 Å². The molecule has 2 heteroatoms. The fraction of sp³-hybridized carbons (Fsp3) is 0.118. The second kappa shape index (κ2) is 6.53. The normalized spacial score (nSPS) is 11.5. The summed E-state index contributed by atoms with van der Waals surface area (Å²) in [5.74, 6) is 2.54. The molecular weight excluding hydrogens is 234 g/mol. The van der Waals surface area contributed by atoms with Gasteiger partial charge in [0.2, 0.25) is 0 Å². The largest absolute Gasteiger partial charge is 0.293 e. The molecule has 0 fully saturated rings. The van der Waals surface area contributed by atoms with Crippen molar-refractivity contribution in [1.82, 2.24) is 5.32 Å². The second-order valence-electron chi connectivity index (χ2n) is 4.16. The molecule has 2 nitrogen and oxygen atoms in total. The molecule has 0 saturated carbocycles. The molecule has 2 aromatic carbocycles. The summed E-state index contributed by atoms with van der Waals surface area (Å²) < 4.78 is 0. The highest BCUT2D eigenvalue weighted by atomic mass is 16.1. The number of carbonyl (C=O) groups is 1. The van der Waals surface area contributed by atoms with Gasteiger partial charge in [0, 0.05) is 5.56 Å². The summed E-state index contributed by atoms with van der Waals surface area (Å²) in [5.41, 5.74) is 1.60. The summed E-state index contributed by atoms with van der Waals surface area (Å²) in [4.78, 5) is 12.5. The van der Waals surface area contributed by atoms with Gasteiger partial charge in [-0.1, -0.05) is 66.6 Å². The number of ketones is 1. The quantitative estimate of drug-likeness (QED) is 0.652. The minimum atomic E-state index is -0.403. The standard InChI is InChI=1S/C17H15NO/c1-2-13-18-16(14-9-5-3-6-10-14)17(19)15-11-7-4-8-12-15/h1,3-12,16,18H,13H2. The number of benzene rings is 2. The Morgan fingerprint density at radius 2 is 1.63 bits per heavy atom. The summed E-state index contributed by atoms with van der Waals surface area (Å²) in [6, 6.07) is 18.4. The number of carbonyl (C=O) groups excluding carboxylic acids is 1. The molecule has 0 aliphatic rings. The topological polar surface area (TPSA) is 29.1 Å². The molecule has 94 valence electrons. The first-order valence-electron chi connectivity index (χ1n) is 6.14. The minimum Gasteiger partial charge on any atom is -0.293 e. The molecule has 2 rings (SSSR count). The van der Waals surface area contributed by atoms with E-state index in [9.17, 15) is 4.79 Å². The van der Waals surface area contributed by atoms with Crippen LogP contribution in [-0.4, -0.2) is 12.3 Å². The summed E-state index contributed by atoms with van der Waals surface area (Å²) in [5, 5.41) is 3.10. The second-order valence-corrected chi connectivity index (χ2v) is 4.16. The lowest BCUT2D eigenvalue weighted by Gasteiger charge is -2.16. The van der Waals surface area contributed by atoms with Crippen molar-refractivity contribution in [3.05, 3.63) is 71.8 Å². The molecule has 0 spiro atoms. The number of nitrogens with one attached hydrogen (secondary N) is 1. The fourth-order valence-corrected chi connectivity index (χ4v) is 1.94. The lowest BCUT2D eigenvalue weighted by atomic mass is 9.97. The maximum atomic E-state index is 12.5. The van der Waals surface area contributed by atoms with E-state index in [1.54, 1.807) is 0 Å². The van der Waals surface area contributed by atoms with E-state index in [0.717, 1.165) is 5.56 Å². The Bertz CT molecular complexity index is 569.